The fourth-order valence-corrected chi connectivity index (χ4v) is 1.90. The lowest BCUT2D eigenvalue weighted by atomic mass is 10.2. The van der Waals surface area contributed by atoms with Crippen LogP contribution in [0.5, 0.6) is 0 Å². The van der Waals surface area contributed by atoms with Crippen molar-refractivity contribution in [3.8, 4) is 0 Å². The second kappa shape index (κ2) is 4.21. The van der Waals surface area contributed by atoms with Crippen molar-refractivity contribution in [3.05, 3.63) is 16.1 Å². The van der Waals surface area contributed by atoms with Crippen LogP contribution in [0.1, 0.15) is 23.9 Å². The number of aromatic nitrogens is 1. The van der Waals surface area contributed by atoms with Crippen molar-refractivity contribution in [2.45, 2.75) is 26.2 Å². The monoisotopic (exact) mass is 185 g/mol. The third-order valence-corrected chi connectivity index (χ3v) is 2.46. The van der Waals surface area contributed by atoms with E-state index < -0.39 is 5.97 Å². The number of carboxylic acids is 1. The molecule has 1 aromatic rings. The molecule has 0 saturated heterocycles. The highest BCUT2D eigenvalue weighted by Gasteiger charge is 2.08. The van der Waals surface area contributed by atoms with Gasteiger partial charge in [-0.05, 0) is 6.42 Å². The van der Waals surface area contributed by atoms with Crippen LogP contribution in [-0.4, -0.2) is 16.1 Å². The zero-order valence-corrected chi connectivity index (χ0v) is 7.73. The average molecular weight is 185 g/mol. The molecule has 0 aliphatic carbocycles. The molecule has 0 spiro atoms. The molecule has 4 heteroatoms. The van der Waals surface area contributed by atoms with Crippen LogP contribution in [0, 0.1) is 0 Å². The van der Waals surface area contributed by atoms with E-state index in [0.717, 1.165) is 23.4 Å². The molecule has 0 aromatic carbocycles. The Morgan fingerprint density at radius 3 is 3.08 bits per heavy atom. The summed E-state index contributed by atoms with van der Waals surface area (Å²) in [5.41, 5.74) is 2.44. The average Bonchev–Trinajstić information content (AvgIpc) is 2.37. The molecule has 66 valence electrons. The van der Waals surface area contributed by atoms with Crippen molar-refractivity contribution in [2.75, 3.05) is 0 Å². The molecule has 0 fully saturated rings. The Morgan fingerprint density at radius 2 is 2.50 bits per heavy atom. The van der Waals surface area contributed by atoms with Crippen molar-refractivity contribution >= 4 is 17.3 Å². The number of aliphatic carboxylic acids is 1. The SMILES string of the molecule is CCCc1scnc1CC(=O)O. The second-order valence-electron chi connectivity index (χ2n) is 2.54. The largest absolute Gasteiger partial charge is 0.481 e. The Balaban J connectivity index is 2.69. The third-order valence-electron chi connectivity index (χ3n) is 1.52. The molecule has 0 bridgehead atoms. The first kappa shape index (κ1) is 9.19. The van der Waals surface area contributed by atoms with Crippen LogP contribution in [-0.2, 0) is 17.6 Å². The number of hydrogen-bond acceptors (Lipinski definition) is 3. The van der Waals surface area contributed by atoms with Crippen molar-refractivity contribution in [2.24, 2.45) is 0 Å². The molecule has 1 rings (SSSR count). The summed E-state index contributed by atoms with van der Waals surface area (Å²) < 4.78 is 0. The first-order valence-corrected chi connectivity index (χ1v) is 4.75. The number of nitrogens with zero attached hydrogens (tertiary/aromatic N) is 1. The molecule has 0 atom stereocenters. The third kappa shape index (κ3) is 2.30. The number of carbonyl (C=O) groups is 1. The van der Waals surface area contributed by atoms with Crippen molar-refractivity contribution in [1.82, 2.24) is 4.98 Å². The van der Waals surface area contributed by atoms with Gasteiger partial charge in [-0.3, -0.25) is 4.79 Å². The summed E-state index contributed by atoms with van der Waals surface area (Å²) in [4.78, 5) is 15.5. The van der Waals surface area contributed by atoms with Crippen molar-refractivity contribution in [3.63, 3.8) is 0 Å². The van der Waals surface area contributed by atoms with Gasteiger partial charge < -0.3 is 5.11 Å². The van der Waals surface area contributed by atoms with E-state index in [2.05, 4.69) is 11.9 Å². The highest BCUT2D eigenvalue weighted by atomic mass is 32.1. The van der Waals surface area contributed by atoms with Gasteiger partial charge in [0, 0.05) is 4.88 Å². The second-order valence-corrected chi connectivity index (χ2v) is 3.48. The lowest BCUT2D eigenvalue weighted by Gasteiger charge is -1.95. The van der Waals surface area contributed by atoms with Crippen LogP contribution in [0.15, 0.2) is 5.51 Å². The van der Waals surface area contributed by atoms with E-state index in [1.165, 1.54) is 0 Å². The first-order valence-electron chi connectivity index (χ1n) is 3.87. The zero-order chi connectivity index (χ0) is 8.97. The fourth-order valence-electron chi connectivity index (χ4n) is 1.01. The Kier molecular flexibility index (Phi) is 3.22. The van der Waals surface area contributed by atoms with Gasteiger partial charge in [0.05, 0.1) is 17.6 Å². The van der Waals surface area contributed by atoms with Crippen LogP contribution in [0.3, 0.4) is 0 Å². The van der Waals surface area contributed by atoms with Crippen LogP contribution in [0.4, 0.5) is 0 Å². The van der Waals surface area contributed by atoms with Gasteiger partial charge >= 0.3 is 5.97 Å². The molecule has 1 heterocycles. The van der Waals surface area contributed by atoms with E-state index in [1.807, 2.05) is 0 Å². The lowest BCUT2D eigenvalue weighted by Crippen LogP contribution is -2.02. The van der Waals surface area contributed by atoms with E-state index in [-0.39, 0.29) is 6.42 Å². The maximum atomic E-state index is 10.4. The minimum absolute atomic E-state index is 0.0544. The molecular weight excluding hydrogens is 174 g/mol. The maximum absolute atomic E-state index is 10.4. The summed E-state index contributed by atoms with van der Waals surface area (Å²) >= 11 is 1.54. The molecule has 0 radical (unpaired) electrons. The Labute approximate surface area is 75.1 Å². The van der Waals surface area contributed by atoms with E-state index in [9.17, 15) is 4.79 Å². The predicted molar refractivity (Wildman–Crippen MR) is 47.4 cm³/mol. The number of carboxylic acid groups (broad SMARTS) is 1. The van der Waals surface area contributed by atoms with Gasteiger partial charge in [-0.25, -0.2) is 4.98 Å². The highest BCUT2D eigenvalue weighted by molar-refractivity contribution is 7.09. The quantitative estimate of drug-likeness (QED) is 0.777. The van der Waals surface area contributed by atoms with Gasteiger partial charge in [0.1, 0.15) is 0 Å². The normalized spacial score (nSPS) is 10.1. The molecule has 1 aromatic heterocycles. The standard InChI is InChI=1S/C8H11NO2S/c1-2-3-7-6(4-8(10)11)9-5-12-7/h5H,2-4H2,1H3,(H,10,11). The summed E-state index contributed by atoms with van der Waals surface area (Å²) in [5.74, 6) is -0.807. The van der Waals surface area contributed by atoms with Crippen molar-refractivity contribution in [1.29, 1.82) is 0 Å². The van der Waals surface area contributed by atoms with Crippen LogP contribution >= 0.6 is 11.3 Å². The molecule has 1 N–H and O–H groups in total. The van der Waals surface area contributed by atoms with E-state index in [4.69, 9.17) is 5.11 Å². The number of rotatable bonds is 4. The van der Waals surface area contributed by atoms with E-state index in [1.54, 1.807) is 16.8 Å². The number of thiazole rings is 1. The lowest BCUT2D eigenvalue weighted by molar-refractivity contribution is -0.136. The summed E-state index contributed by atoms with van der Waals surface area (Å²) in [6, 6.07) is 0. The summed E-state index contributed by atoms with van der Waals surface area (Å²) in [5, 5.41) is 8.54. The molecular formula is C8H11NO2S. The van der Waals surface area contributed by atoms with Gasteiger partial charge in [0.15, 0.2) is 0 Å². The topological polar surface area (TPSA) is 50.2 Å². The van der Waals surface area contributed by atoms with Crippen LogP contribution in [0.2, 0.25) is 0 Å². The smallest absolute Gasteiger partial charge is 0.309 e. The maximum Gasteiger partial charge on any atom is 0.309 e. The Hall–Kier alpha value is -0.900. The molecule has 3 nitrogen and oxygen atoms in total. The molecule has 12 heavy (non-hydrogen) atoms. The van der Waals surface area contributed by atoms with Gasteiger partial charge in [0.25, 0.3) is 0 Å². The molecule has 0 unspecified atom stereocenters. The summed E-state index contributed by atoms with van der Waals surface area (Å²) in [6.45, 7) is 2.07. The van der Waals surface area contributed by atoms with Gasteiger partial charge in [-0.2, -0.15) is 0 Å². The van der Waals surface area contributed by atoms with E-state index in [0.29, 0.717) is 0 Å². The summed E-state index contributed by atoms with van der Waals surface area (Å²) in [7, 11) is 0. The summed E-state index contributed by atoms with van der Waals surface area (Å²) in [6.07, 6.45) is 2.03. The zero-order valence-electron chi connectivity index (χ0n) is 6.91. The number of aryl methyl sites for hydroxylation is 1. The first-order chi connectivity index (χ1) is 5.74. The molecule has 0 saturated carbocycles. The Bertz CT molecular complexity index is 270. The van der Waals surface area contributed by atoms with Gasteiger partial charge in [-0.15, -0.1) is 11.3 Å². The predicted octanol–water partition coefficient (Wildman–Crippen LogP) is 1.72. The highest BCUT2D eigenvalue weighted by Crippen LogP contribution is 2.15. The van der Waals surface area contributed by atoms with Crippen LogP contribution < -0.4 is 0 Å². The molecule has 0 amide bonds. The minimum Gasteiger partial charge on any atom is -0.481 e. The minimum atomic E-state index is -0.807. The van der Waals surface area contributed by atoms with E-state index >= 15 is 0 Å². The number of hydrogen-bond donors (Lipinski definition) is 1. The Morgan fingerprint density at radius 1 is 1.75 bits per heavy atom. The van der Waals surface area contributed by atoms with Crippen LogP contribution in [0.25, 0.3) is 0 Å². The fraction of sp³-hybridized carbons (Fsp3) is 0.500. The van der Waals surface area contributed by atoms with Gasteiger partial charge in [0.2, 0.25) is 0 Å². The molecule has 0 aliphatic heterocycles. The molecule has 0 aliphatic rings. The van der Waals surface area contributed by atoms with Gasteiger partial charge in [-0.1, -0.05) is 13.3 Å². The van der Waals surface area contributed by atoms with Crippen molar-refractivity contribution < 1.29 is 9.90 Å².